The lowest BCUT2D eigenvalue weighted by Gasteiger charge is -2.39. The molecule has 2 rings (SSSR count). The predicted octanol–water partition coefficient (Wildman–Crippen LogP) is 2.29. The normalized spacial score (nSPS) is 22.5. The summed E-state index contributed by atoms with van der Waals surface area (Å²) in [5.74, 6) is 6.28. The first-order chi connectivity index (χ1) is 9.95. The summed E-state index contributed by atoms with van der Waals surface area (Å²) in [5, 5.41) is 0. The molecule has 116 valence electrons. The summed E-state index contributed by atoms with van der Waals surface area (Å²) in [6.45, 7) is 8.19. The molecule has 0 unspecified atom stereocenters. The third-order valence-electron chi connectivity index (χ3n) is 4.11. The maximum Gasteiger partial charge on any atom is 0.275 e. The molecule has 0 radical (unpaired) electrons. The van der Waals surface area contributed by atoms with Gasteiger partial charge in [-0.3, -0.25) is 10.6 Å². The quantitative estimate of drug-likeness (QED) is 0.659. The highest BCUT2D eigenvalue weighted by atomic mass is 16.2. The number of hydrogen-bond donors (Lipinski definition) is 2. The van der Waals surface area contributed by atoms with E-state index in [4.69, 9.17) is 5.84 Å². The van der Waals surface area contributed by atoms with E-state index in [1.54, 1.807) is 6.20 Å². The number of hydrazine groups is 1. The molecule has 3 N–H and O–H groups in total. The van der Waals surface area contributed by atoms with Crippen molar-refractivity contribution in [2.75, 3.05) is 5.43 Å². The Morgan fingerprint density at radius 1 is 1.38 bits per heavy atom. The second-order valence-electron chi connectivity index (χ2n) is 6.13. The monoisotopic (exact) mass is 291 g/mol. The van der Waals surface area contributed by atoms with Crippen molar-refractivity contribution in [1.29, 1.82) is 0 Å². The maximum absolute atomic E-state index is 12.9. The van der Waals surface area contributed by atoms with Crippen LogP contribution in [0.1, 0.15) is 69.2 Å². The van der Waals surface area contributed by atoms with Gasteiger partial charge in [0.05, 0.1) is 11.9 Å². The lowest BCUT2D eigenvalue weighted by molar-refractivity contribution is 0.0505. The lowest BCUT2D eigenvalue weighted by atomic mass is 9.97. The number of rotatable bonds is 3. The average Bonchev–Trinajstić information content (AvgIpc) is 2.46. The van der Waals surface area contributed by atoms with E-state index in [0.717, 1.165) is 19.3 Å². The first kappa shape index (κ1) is 15.7. The van der Waals surface area contributed by atoms with Gasteiger partial charge in [-0.2, -0.15) is 0 Å². The van der Waals surface area contributed by atoms with E-state index in [0.29, 0.717) is 17.2 Å². The molecule has 0 spiro atoms. The molecule has 0 aliphatic carbocycles. The molecule has 6 nitrogen and oxygen atoms in total. The topological polar surface area (TPSA) is 84.1 Å². The van der Waals surface area contributed by atoms with Gasteiger partial charge in [-0.25, -0.2) is 9.97 Å². The Labute approximate surface area is 126 Å². The molecule has 0 aromatic carbocycles. The van der Waals surface area contributed by atoms with Gasteiger partial charge in [0.2, 0.25) is 0 Å². The maximum atomic E-state index is 12.9. The van der Waals surface area contributed by atoms with Crippen molar-refractivity contribution in [2.45, 2.75) is 65.0 Å². The van der Waals surface area contributed by atoms with Crippen molar-refractivity contribution in [2.24, 2.45) is 5.84 Å². The molecule has 1 aromatic heterocycles. The van der Waals surface area contributed by atoms with E-state index in [1.165, 1.54) is 0 Å². The largest absolute Gasteiger partial charge is 0.332 e. The van der Waals surface area contributed by atoms with Crippen molar-refractivity contribution in [3.8, 4) is 0 Å². The molecule has 6 heteroatoms. The third-order valence-corrected chi connectivity index (χ3v) is 4.11. The highest BCUT2D eigenvalue weighted by Crippen LogP contribution is 2.26. The second-order valence-corrected chi connectivity index (χ2v) is 6.13. The first-order valence-corrected chi connectivity index (χ1v) is 7.62. The fourth-order valence-corrected chi connectivity index (χ4v) is 2.89. The number of hydrogen-bond acceptors (Lipinski definition) is 5. The molecular weight excluding hydrogens is 266 g/mol. The van der Waals surface area contributed by atoms with Gasteiger partial charge < -0.3 is 10.3 Å². The number of nitrogens with two attached hydrogens (primary N) is 1. The fourth-order valence-electron chi connectivity index (χ4n) is 2.89. The minimum Gasteiger partial charge on any atom is -0.332 e. The van der Waals surface area contributed by atoms with Crippen LogP contribution in [0.4, 0.5) is 5.69 Å². The Hall–Kier alpha value is -1.69. The summed E-state index contributed by atoms with van der Waals surface area (Å²) in [7, 11) is 0. The Morgan fingerprint density at radius 2 is 2.00 bits per heavy atom. The van der Waals surface area contributed by atoms with Gasteiger partial charge in [0, 0.05) is 18.0 Å². The van der Waals surface area contributed by atoms with Crippen LogP contribution in [0.3, 0.4) is 0 Å². The van der Waals surface area contributed by atoms with Gasteiger partial charge in [-0.05, 0) is 33.1 Å². The molecule has 21 heavy (non-hydrogen) atoms. The van der Waals surface area contributed by atoms with Crippen LogP contribution in [-0.4, -0.2) is 32.9 Å². The van der Waals surface area contributed by atoms with Crippen LogP contribution in [0, 0.1) is 0 Å². The number of likely N-dealkylation sites (tertiary alicyclic amines) is 1. The number of amides is 1. The number of nitrogen functional groups attached to an aromatic ring is 1. The molecule has 1 saturated heterocycles. The van der Waals surface area contributed by atoms with Crippen molar-refractivity contribution >= 4 is 11.6 Å². The molecule has 2 heterocycles. The Kier molecular flexibility index (Phi) is 4.77. The molecule has 1 amide bonds. The summed E-state index contributed by atoms with van der Waals surface area (Å²) in [6, 6.07) is 0.452. The first-order valence-electron chi connectivity index (χ1n) is 7.62. The van der Waals surface area contributed by atoms with E-state index < -0.39 is 0 Å². The molecule has 1 aliphatic rings. The number of nitrogens with one attached hydrogen (secondary N) is 1. The molecule has 0 bridgehead atoms. The van der Waals surface area contributed by atoms with E-state index in [-0.39, 0.29) is 23.9 Å². The van der Waals surface area contributed by atoms with Crippen molar-refractivity contribution in [3.05, 3.63) is 17.7 Å². The Morgan fingerprint density at radius 3 is 2.52 bits per heavy atom. The zero-order valence-electron chi connectivity index (χ0n) is 13.3. The fraction of sp³-hybridized carbons (Fsp3) is 0.667. The van der Waals surface area contributed by atoms with Gasteiger partial charge in [0.1, 0.15) is 5.82 Å². The van der Waals surface area contributed by atoms with Gasteiger partial charge in [0.15, 0.2) is 5.69 Å². The van der Waals surface area contributed by atoms with Gasteiger partial charge >= 0.3 is 0 Å². The molecule has 1 aliphatic heterocycles. The zero-order chi connectivity index (χ0) is 15.6. The van der Waals surface area contributed by atoms with Crippen LogP contribution < -0.4 is 11.3 Å². The summed E-state index contributed by atoms with van der Waals surface area (Å²) >= 11 is 0. The number of nitrogens with zero attached hydrogens (tertiary/aromatic N) is 3. The third kappa shape index (κ3) is 3.15. The van der Waals surface area contributed by atoms with Crippen LogP contribution in [0.15, 0.2) is 6.20 Å². The van der Waals surface area contributed by atoms with Gasteiger partial charge in [-0.1, -0.05) is 13.8 Å². The summed E-state index contributed by atoms with van der Waals surface area (Å²) in [6.07, 6.45) is 4.82. The lowest BCUT2D eigenvalue weighted by Crippen LogP contribution is -2.48. The standard InChI is InChI=1S/C15H25N5O/c1-9(2)14-17-8-12(19-16)13(18-14)15(21)20-10(3)6-5-7-11(20)4/h8-11,19H,5-7,16H2,1-4H3/t10-,11+. The van der Waals surface area contributed by atoms with Crippen LogP contribution >= 0.6 is 0 Å². The molecule has 1 fully saturated rings. The van der Waals surface area contributed by atoms with Gasteiger partial charge in [-0.15, -0.1) is 0 Å². The van der Waals surface area contributed by atoms with Crippen LogP contribution in [-0.2, 0) is 0 Å². The number of carbonyl (C=O) groups is 1. The van der Waals surface area contributed by atoms with E-state index >= 15 is 0 Å². The minimum atomic E-state index is -0.0630. The highest BCUT2D eigenvalue weighted by molar-refractivity contribution is 5.97. The van der Waals surface area contributed by atoms with Crippen LogP contribution in [0.5, 0.6) is 0 Å². The predicted molar refractivity (Wildman–Crippen MR) is 82.9 cm³/mol. The highest BCUT2D eigenvalue weighted by Gasteiger charge is 2.32. The van der Waals surface area contributed by atoms with Crippen LogP contribution in [0.25, 0.3) is 0 Å². The average molecular weight is 291 g/mol. The van der Waals surface area contributed by atoms with E-state index in [2.05, 4.69) is 29.2 Å². The zero-order valence-corrected chi connectivity index (χ0v) is 13.3. The second kappa shape index (κ2) is 6.39. The van der Waals surface area contributed by atoms with Crippen molar-refractivity contribution in [1.82, 2.24) is 14.9 Å². The summed E-state index contributed by atoms with van der Waals surface area (Å²) in [5.41, 5.74) is 3.39. The number of piperidine rings is 1. The van der Waals surface area contributed by atoms with E-state index in [9.17, 15) is 4.79 Å². The summed E-state index contributed by atoms with van der Waals surface area (Å²) < 4.78 is 0. The summed E-state index contributed by atoms with van der Waals surface area (Å²) in [4.78, 5) is 23.5. The van der Waals surface area contributed by atoms with Crippen molar-refractivity contribution < 1.29 is 4.79 Å². The minimum absolute atomic E-state index is 0.0630. The molecule has 0 saturated carbocycles. The molecule has 2 atom stereocenters. The number of anilines is 1. The van der Waals surface area contributed by atoms with Crippen LogP contribution in [0.2, 0.25) is 0 Å². The number of aromatic nitrogens is 2. The van der Waals surface area contributed by atoms with E-state index in [1.807, 2.05) is 18.7 Å². The van der Waals surface area contributed by atoms with Crippen molar-refractivity contribution in [3.63, 3.8) is 0 Å². The smallest absolute Gasteiger partial charge is 0.275 e. The Bertz CT molecular complexity index is 507. The molecular formula is C15H25N5O. The van der Waals surface area contributed by atoms with Gasteiger partial charge in [0.25, 0.3) is 5.91 Å². The SMILES string of the molecule is CC(C)c1ncc(NN)c(C(=O)N2[C@H](C)CCC[C@@H]2C)n1. The number of carbonyl (C=O) groups excluding carboxylic acids is 1. The Balaban J connectivity index is 2.38. The molecule has 1 aromatic rings.